The molecule has 0 radical (unpaired) electrons. The summed E-state index contributed by atoms with van der Waals surface area (Å²) in [6, 6.07) is 28.9. The molecule has 0 fully saturated rings. The first-order valence-corrected chi connectivity index (χ1v) is 11.5. The molecule has 0 aliphatic heterocycles. The van der Waals surface area contributed by atoms with Crippen molar-refractivity contribution < 1.29 is 8.98 Å². The molecule has 0 atom stereocenters. The first-order valence-electron chi connectivity index (χ1n) is 9.95. The normalized spacial score (nSPS) is 11.8. The molecule has 0 aliphatic carbocycles. The maximum Gasteiger partial charge on any atom is 0.316 e. The van der Waals surface area contributed by atoms with E-state index in [1.807, 2.05) is 43.3 Å². The standard InChI is InChI=1S/C25H28O2S/c1-3-5-12-21-17-19-24(20-18-21)28(27-25(26)4-2,22-13-8-6-9-14-22)23-15-10-7-11-16-23/h6-11,13-20H,3-5,12H2,1-2H3. The molecule has 0 unspecified atom stereocenters. The predicted octanol–water partition coefficient (Wildman–Crippen LogP) is 7.18. The van der Waals surface area contributed by atoms with Crippen LogP contribution in [0.3, 0.4) is 0 Å². The van der Waals surface area contributed by atoms with Gasteiger partial charge in [-0.05, 0) is 65.1 Å². The van der Waals surface area contributed by atoms with Crippen LogP contribution < -0.4 is 0 Å². The van der Waals surface area contributed by atoms with Crippen LogP contribution in [0.5, 0.6) is 0 Å². The summed E-state index contributed by atoms with van der Waals surface area (Å²) in [7, 11) is -2.13. The van der Waals surface area contributed by atoms with Crippen LogP contribution in [0.1, 0.15) is 38.7 Å². The summed E-state index contributed by atoms with van der Waals surface area (Å²) in [5.41, 5.74) is 1.32. The molecule has 146 valence electrons. The van der Waals surface area contributed by atoms with Gasteiger partial charge in [0, 0.05) is 21.1 Å². The van der Waals surface area contributed by atoms with Crippen molar-refractivity contribution in [2.75, 3.05) is 0 Å². The van der Waals surface area contributed by atoms with Crippen molar-refractivity contribution in [3.05, 3.63) is 90.5 Å². The Kier molecular flexibility index (Phi) is 6.94. The summed E-state index contributed by atoms with van der Waals surface area (Å²) in [5, 5.41) is 0. The summed E-state index contributed by atoms with van der Waals surface area (Å²) in [5.74, 6) is -0.183. The highest BCUT2D eigenvalue weighted by Crippen LogP contribution is 2.69. The summed E-state index contributed by atoms with van der Waals surface area (Å²) in [6.07, 6.45) is 3.78. The maximum absolute atomic E-state index is 12.6. The van der Waals surface area contributed by atoms with E-state index in [0.717, 1.165) is 21.1 Å². The van der Waals surface area contributed by atoms with E-state index in [-0.39, 0.29) is 5.97 Å². The first-order chi connectivity index (χ1) is 13.7. The van der Waals surface area contributed by atoms with Gasteiger partial charge >= 0.3 is 5.97 Å². The van der Waals surface area contributed by atoms with Crippen LogP contribution in [0.4, 0.5) is 0 Å². The monoisotopic (exact) mass is 392 g/mol. The predicted molar refractivity (Wildman–Crippen MR) is 117 cm³/mol. The third-order valence-corrected chi connectivity index (χ3v) is 7.98. The Morgan fingerprint density at radius 3 is 1.71 bits per heavy atom. The van der Waals surface area contributed by atoms with Gasteiger partial charge in [0.1, 0.15) is 0 Å². The minimum Gasteiger partial charge on any atom is -0.402 e. The lowest BCUT2D eigenvalue weighted by Gasteiger charge is -2.39. The molecule has 0 heterocycles. The van der Waals surface area contributed by atoms with Crippen molar-refractivity contribution in [1.82, 2.24) is 0 Å². The van der Waals surface area contributed by atoms with Gasteiger partial charge in [-0.25, -0.2) is 0 Å². The van der Waals surface area contributed by atoms with Gasteiger partial charge in [0.15, 0.2) is 0 Å². The van der Waals surface area contributed by atoms with Gasteiger partial charge < -0.3 is 4.18 Å². The Bertz CT molecular complexity index is 834. The van der Waals surface area contributed by atoms with Gasteiger partial charge in [-0.1, -0.05) is 68.8 Å². The zero-order chi connectivity index (χ0) is 19.8. The number of unbranched alkanes of at least 4 members (excludes halogenated alkanes) is 1. The van der Waals surface area contributed by atoms with E-state index in [4.69, 9.17) is 4.18 Å². The Morgan fingerprint density at radius 1 is 0.750 bits per heavy atom. The Balaban J connectivity index is 2.18. The molecule has 28 heavy (non-hydrogen) atoms. The van der Waals surface area contributed by atoms with Gasteiger partial charge in [-0.3, -0.25) is 4.79 Å². The lowest BCUT2D eigenvalue weighted by atomic mass is 10.1. The minimum atomic E-state index is -2.13. The second-order valence-electron chi connectivity index (χ2n) is 6.74. The summed E-state index contributed by atoms with van der Waals surface area (Å²) < 4.78 is 6.31. The topological polar surface area (TPSA) is 26.3 Å². The van der Waals surface area contributed by atoms with Gasteiger partial charge in [-0.2, -0.15) is 0 Å². The fourth-order valence-corrected chi connectivity index (χ4v) is 6.31. The lowest BCUT2D eigenvalue weighted by Crippen LogP contribution is -2.13. The molecule has 0 N–H and O–H groups in total. The highest BCUT2D eigenvalue weighted by molar-refractivity contribution is 8.30. The second-order valence-corrected chi connectivity index (χ2v) is 9.43. The van der Waals surface area contributed by atoms with E-state index in [2.05, 4.69) is 55.5 Å². The molecular formula is C25H28O2S. The molecule has 0 aliphatic rings. The van der Waals surface area contributed by atoms with Gasteiger partial charge in [0.2, 0.25) is 0 Å². The third-order valence-electron chi connectivity index (χ3n) is 4.73. The van der Waals surface area contributed by atoms with E-state index in [9.17, 15) is 4.79 Å². The van der Waals surface area contributed by atoms with Crippen molar-refractivity contribution in [2.24, 2.45) is 0 Å². The molecule has 0 bridgehead atoms. The maximum atomic E-state index is 12.6. The van der Waals surface area contributed by atoms with Gasteiger partial charge in [-0.15, -0.1) is 0 Å². The number of carbonyl (C=O) groups excluding carboxylic acids is 1. The SMILES string of the molecule is CCCCc1ccc(S(OC(=O)CC)(c2ccccc2)c2ccccc2)cc1. The largest absolute Gasteiger partial charge is 0.402 e. The van der Waals surface area contributed by atoms with Crippen LogP contribution in [0.15, 0.2) is 99.6 Å². The van der Waals surface area contributed by atoms with E-state index < -0.39 is 10.3 Å². The first kappa shape index (κ1) is 20.2. The molecule has 3 aromatic rings. The molecule has 0 spiro atoms. The van der Waals surface area contributed by atoms with Gasteiger partial charge in [0.05, 0.1) is 0 Å². The van der Waals surface area contributed by atoms with Crippen LogP contribution in [-0.4, -0.2) is 5.97 Å². The molecule has 0 saturated heterocycles. The number of aryl methyl sites for hydroxylation is 1. The Morgan fingerprint density at radius 2 is 1.25 bits per heavy atom. The molecule has 0 aromatic heterocycles. The average molecular weight is 393 g/mol. The summed E-state index contributed by atoms with van der Waals surface area (Å²) >= 11 is 0. The van der Waals surface area contributed by atoms with E-state index >= 15 is 0 Å². The van der Waals surface area contributed by atoms with Crippen LogP contribution in [0, 0.1) is 0 Å². The fraction of sp³-hybridized carbons (Fsp3) is 0.240. The van der Waals surface area contributed by atoms with Crippen LogP contribution in [0.2, 0.25) is 0 Å². The molecule has 0 saturated carbocycles. The van der Waals surface area contributed by atoms with Crippen molar-refractivity contribution in [3.63, 3.8) is 0 Å². The van der Waals surface area contributed by atoms with Crippen molar-refractivity contribution in [2.45, 2.75) is 54.2 Å². The van der Waals surface area contributed by atoms with E-state index in [0.29, 0.717) is 6.42 Å². The van der Waals surface area contributed by atoms with Crippen LogP contribution in [0.25, 0.3) is 0 Å². The number of carbonyl (C=O) groups is 1. The van der Waals surface area contributed by atoms with Crippen molar-refractivity contribution >= 4 is 16.3 Å². The zero-order valence-corrected chi connectivity index (χ0v) is 17.5. The minimum absolute atomic E-state index is 0.183. The average Bonchev–Trinajstić information content (AvgIpc) is 2.77. The van der Waals surface area contributed by atoms with Crippen molar-refractivity contribution in [3.8, 4) is 0 Å². The third kappa shape index (κ3) is 4.31. The van der Waals surface area contributed by atoms with Gasteiger partial charge in [0.25, 0.3) is 0 Å². The quantitative estimate of drug-likeness (QED) is 0.406. The molecule has 3 aromatic carbocycles. The number of rotatable bonds is 8. The smallest absolute Gasteiger partial charge is 0.316 e. The lowest BCUT2D eigenvalue weighted by molar-refractivity contribution is -0.133. The number of benzene rings is 3. The van der Waals surface area contributed by atoms with E-state index in [1.54, 1.807) is 0 Å². The summed E-state index contributed by atoms with van der Waals surface area (Å²) in [6.45, 7) is 4.05. The summed E-state index contributed by atoms with van der Waals surface area (Å²) in [4.78, 5) is 15.7. The molecule has 0 amide bonds. The Labute approximate surface area is 170 Å². The highest BCUT2D eigenvalue weighted by atomic mass is 32.3. The molecule has 2 nitrogen and oxygen atoms in total. The second kappa shape index (κ2) is 9.61. The Hall–Kier alpha value is -2.52. The van der Waals surface area contributed by atoms with Crippen LogP contribution >= 0.6 is 10.3 Å². The van der Waals surface area contributed by atoms with Crippen LogP contribution in [-0.2, 0) is 15.4 Å². The highest BCUT2D eigenvalue weighted by Gasteiger charge is 2.35. The molecule has 3 heteroatoms. The number of hydrogen-bond donors (Lipinski definition) is 0. The molecule has 3 rings (SSSR count). The van der Waals surface area contributed by atoms with E-state index in [1.165, 1.54) is 18.4 Å². The van der Waals surface area contributed by atoms with Crippen molar-refractivity contribution in [1.29, 1.82) is 0 Å². The number of hydrogen-bond acceptors (Lipinski definition) is 2. The molecular weight excluding hydrogens is 364 g/mol. The fourth-order valence-electron chi connectivity index (χ4n) is 3.20. The zero-order valence-electron chi connectivity index (χ0n) is 16.6.